The highest BCUT2D eigenvalue weighted by molar-refractivity contribution is 5.79. The number of ether oxygens (including phenoxy) is 1. The molecule has 0 bridgehead atoms. The van der Waals surface area contributed by atoms with Crippen molar-refractivity contribution in [1.29, 1.82) is 0 Å². The molecule has 3 rings (SSSR count). The molecular weight excluding hydrogens is 356 g/mol. The first-order chi connectivity index (χ1) is 13.5. The number of aliphatic carboxylic acids is 1. The zero-order valence-corrected chi connectivity index (χ0v) is 15.7. The van der Waals surface area contributed by atoms with E-state index in [2.05, 4.69) is 24.3 Å². The second kappa shape index (κ2) is 8.99. The molecule has 0 aromatic heterocycles. The van der Waals surface area contributed by atoms with Crippen molar-refractivity contribution in [1.82, 2.24) is 0 Å². The molecule has 0 spiro atoms. The Labute approximate surface area is 164 Å². The number of carboxylic acids is 1. The van der Waals surface area contributed by atoms with Crippen LogP contribution in [0.2, 0.25) is 0 Å². The first-order valence-electron chi connectivity index (χ1n) is 9.58. The maximum Gasteiger partial charge on any atom is 0.322 e. The molecule has 0 amide bonds. The van der Waals surface area contributed by atoms with Gasteiger partial charge in [-0.25, -0.2) is 0 Å². The third-order valence-electron chi connectivity index (χ3n) is 5.26. The summed E-state index contributed by atoms with van der Waals surface area (Å²) in [5.41, 5.74) is 16.3. The number of nitrogens with two attached hydrogens (primary N) is 2. The van der Waals surface area contributed by atoms with E-state index in [9.17, 15) is 9.59 Å². The fourth-order valence-corrected chi connectivity index (χ4v) is 3.75. The number of hydrogen-bond donors (Lipinski definition) is 3. The van der Waals surface area contributed by atoms with Gasteiger partial charge >= 0.3 is 11.9 Å². The Morgan fingerprint density at radius 1 is 0.929 bits per heavy atom. The number of benzene rings is 2. The molecule has 0 saturated heterocycles. The Morgan fingerprint density at radius 3 is 2.04 bits per heavy atom. The van der Waals surface area contributed by atoms with Gasteiger partial charge in [-0.1, -0.05) is 48.5 Å². The number of carboxylic acid groups (broad SMARTS) is 1. The summed E-state index contributed by atoms with van der Waals surface area (Å²) in [5.74, 6) is -1.30. The summed E-state index contributed by atoms with van der Waals surface area (Å²) >= 11 is 0. The SMILES string of the molecule is NC(CCC[C@H](N)C(=O)O)C(=O)OCCC1c2ccccc2-c2ccccc21. The van der Waals surface area contributed by atoms with Crippen LogP contribution in [0.15, 0.2) is 48.5 Å². The van der Waals surface area contributed by atoms with Gasteiger partial charge in [-0.2, -0.15) is 0 Å². The summed E-state index contributed by atoms with van der Waals surface area (Å²) < 4.78 is 5.39. The number of hydrogen-bond acceptors (Lipinski definition) is 5. The van der Waals surface area contributed by atoms with Crippen LogP contribution in [0, 0.1) is 0 Å². The van der Waals surface area contributed by atoms with Gasteiger partial charge in [-0.15, -0.1) is 0 Å². The van der Waals surface area contributed by atoms with Gasteiger partial charge in [0.25, 0.3) is 0 Å². The molecule has 148 valence electrons. The molecule has 2 atom stereocenters. The third kappa shape index (κ3) is 4.40. The molecule has 1 aliphatic rings. The number of esters is 1. The molecule has 0 saturated carbocycles. The summed E-state index contributed by atoms with van der Waals surface area (Å²) in [5, 5.41) is 8.77. The van der Waals surface area contributed by atoms with Gasteiger partial charge in [-0.05, 0) is 47.9 Å². The molecule has 28 heavy (non-hydrogen) atoms. The minimum atomic E-state index is -1.05. The van der Waals surface area contributed by atoms with E-state index in [1.807, 2.05) is 24.3 Å². The van der Waals surface area contributed by atoms with Crippen molar-refractivity contribution >= 4 is 11.9 Å². The second-order valence-corrected chi connectivity index (χ2v) is 7.17. The van der Waals surface area contributed by atoms with E-state index in [-0.39, 0.29) is 18.9 Å². The number of carbonyl (C=O) groups is 2. The third-order valence-corrected chi connectivity index (χ3v) is 5.26. The maximum atomic E-state index is 12.1. The Hall–Kier alpha value is -2.70. The smallest absolute Gasteiger partial charge is 0.322 e. The second-order valence-electron chi connectivity index (χ2n) is 7.17. The van der Waals surface area contributed by atoms with Gasteiger partial charge in [0.2, 0.25) is 0 Å². The fourth-order valence-electron chi connectivity index (χ4n) is 3.75. The Balaban J connectivity index is 1.51. The molecule has 1 unspecified atom stereocenters. The van der Waals surface area contributed by atoms with E-state index < -0.39 is 24.0 Å². The first-order valence-corrected chi connectivity index (χ1v) is 9.58. The molecular formula is C22H26N2O4. The average Bonchev–Trinajstić information content (AvgIpc) is 3.02. The first kappa shape index (κ1) is 20.0. The average molecular weight is 382 g/mol. The zero-order valence-electron chi connectivity index (χ0n) is 15.7. The highest BCUT2D eigenvalue weighted by Gasteiger charge is 2.28. The molecule has 2 aromatic carbocycles. The van der Waals surface area contributed by atoms with Crippen molar-refractivity contribution in [2.24, 2.45) is 11.5 Å². The Bertz CT molecular complexity index is 806. The molecule has 0 heterocycles. The summed E-state index contributed by atoms with van der Waals surface area (Å²) in [6, 6.07) is 14.9. The van der Waals surface area contributed by atoms with Crippen LogP contribution in [0.3, 0.4) is 0 Å². The molecule has 5 N–H and O–H groups in total. The van der Waals surface area contributed by atoms with Crippen LogP contribution >= 0.6 is 0 Å². The fraction of sp³-hybridized carbons (Fsp3) is 0.364. The van der Waals surface area contributed by atoms with Crippen molar-refractivity contribution in [3.8, 4) is 11.1 Å². The molecule has 0 fully saturated rings. The van der Waals surface area contributed by atoms with E-state index in [0.29, 0.717) is 19.3 Å². The lowest BCUT2D eigenvalue weighted by atomic mass is 9.94. The number of rotatable bonds is 9. The predicted molar refractivity (Wildman–Crippen MR) is 107 cm³/mol. The van der Waals surface area contributed by atoms with E-state index in [1.165, 1.54) is 22.3 Å². The normalized spacial score (nSPS) is 14.8. The molecule has 6 heteroatoms. The van der Waals surface area contributed by atoms with Crippen molar-refractivity contribution in [2.45, 2.75) is 43.7 Å². The van der Waals surface area contributed by atoms with Crippen molar-refractivity contribution in [2.75, 3.05) is 6.61 Å². The predicted octanol–water partition coefficient (Wildman–Crippen LogP) is 2.64. The van der Waals surface area contributed by atoms with Crippen LogP contribution in [0.1, 0.15) is 42.7 Å². The quantitative estimate of drug-likeness (QED) is 0.574. The van der Waals surface area contributed by atoms with Gasteiger partial charge in [0.15, 0.2) is 0 Å². The van der Waals surface area contributed by atoms with Crippen LogP contribution < -0.4 is 11.5 Å². The molecule has 0 radical (unpaired) electrons. The topological polar surface area (TPSA) is 116 Å². The minimum absolute atomic E-state index is 0.199. The van der Waals surface area contributed by atoms with Gasteiger partial charge in [0.05, 0.1) is 6.61 Å². The molecule has 1 aliphatic carbocycles. The Morgan fingerprint density at radius 2 is 1.46 bits per heavy atom. The van der Waals surface area contributed by atoms with Crippen LogP contribution in [-0.4, -0.2) is 35.7 Å². The van der Waals surface area contributed by atoms with Gasteiger partial charge in [-0.3, -0.25) is 9.59 Å². The molecule has 2 aromatic rings. The van der Waals surface area contributed by atoms with E-state index in [1.54, 1.807) is 0 Å². The standard InChI is InChI=1S/C22H26N2O4/c23-19(21(25)26)10-5-11-20(24)22(27)28-13-12-18-16-8-3-1-6-14(16)15-7-2-4-9-17(15)18/h1-4,6-9,18-20H,5,10-13,23-24H2,(H,25,26)/t19-,20?/m0/s1. The zero-order chi connectivity index (χ0) is 20.1. The molecule has 6 nitrogen and oxygen atoms in total. The highest BCUT2D eigenvalue weighted by atomic mass is 16.5. The summed E-state index contributed by atoms with van der Waals surface area (Å²) in [6.07, 6.45) is 1.80. The minimum Gasteiger partial charge on any atom is -0.480 e. The summed E-state index contributed by atoms with van der Waals surface area (Å²) in [6.45, 7) is 0.286. The number of carbonyl (C=O) groups excluding carboxylic acids is 1. The summed E-state index contributed by atoms with van der Waals surface area (Å²) in [7, 11) is 0. The maximum absolute atomic E-state index is 12.1. The van der Waals surface area contributed by atoms with Gasteiger partial charge < -0.3 is 21.3 Å². The van der Waals surface area contributed by atoms with Gasteiger partial charge in [0.1, 0.15) is 12.1 Å². The summed E-state index contributed by atoms with van der Waals surface area (Å²) in [4.78, 5) is 22.8. The van der Waals surface area contributed by atoms with Crippen LogP contribution in [0.25, 0.3) is 11.1 Å². The van der Waals surface area contributed by atoms with Crippen LogP contribution in [-0.2, 0) is 14.3 Å². The van der Waals surface area contributed by atoms with E-state index in [4.69, 9.17) is 21.3 Å². The van der Waals surface area contributed by atoms with Crippen molar-refractivity contribution in [3.05, 3.63) is 59.7 Å². The van der Waals surface area contributed by atoms with Crippen molar-refractivity contribution < 1.29 is 19.4 Å². The van der Waals surface area contributed by atoms with E-state index in [0.717, 1.165) is 0 Å². The lowest BCUT2D eigenvalue weighted by Crippen LogP contribution is -2.34. The monoisotopic (exact) mass is 382 g/mol. The lowest BCUT2D eigenvalue weighted by Gasteiger charge is -2.16. The van der Waals surface area contributed by atoms with Crippen molar-refractivity contribution in [3.63, 3.8) is 0 Å². The lowest BCUT2D eigenvalue weighted by molar-refractivity contribution is -0.145. The van der Waals surface area contributed by atoms with Crippen LogP contribution in [0.4, 0.5) is 0 Å². The number of fused-ring (bicyclic) bond motifs is 3. The highest BCUT2D eigenvalue weighted by Crippen LogP contribution is 2.45. The van der Waals surface area contributed by atoms with E-state index >= 15 is 0 Å². The van der Waals surface area contributed by atoms with Gasteiger partial charge in [0, 0.05) is 5.92 Å². The Kier molecular flexibility index (Phi) is 6.44. The van der Waals surface area contributed by atoms with Crippen LogP contribution in [0.5, 0.6) is 0 Å². The largest absolute Gasteiger partial charge is 0.480 e. The molecule has 0 aliphatic heterocycles.